The lowest BCUT2D eigenvalue weighted by atomic mass is 10.1. The Kier molecular flexibility index (Phi) is 8.93. The van der Waals surface area contributed by atoms with Gasteiger partial charge in [0.25, 0.3) is 15.9 Å². The van der Waals surface area contributed by atoms with Crippen LogP contribution in [0.15, 0.2) is 70.3 Å². The van der Waals surface area contributed by atoms with E-state index >= 15 is 0 Å². The SMILES string of the molecule is COC(OC)C(CNC(=O)c1cc2c(C)ccc(NS(=O)(=O)c3cccs3)c2[nH]1)SCc1ccccc1. The van der Waals surface area contributed by atoms with Crippen LogP contribution in [-0.2, 0) is 25.2 Å². The molecule has 2 aromatic carbocycles. The molecule has 0 bridgehead atoms. The molecule has 0 aliphatic heterocycles. The van der Waals surface area contributed by atoms with Gasteiger partial charge >= 0.3 is 0 Å². The van der Waals surface area contributed by atoms with Crippen LogP contribution in [0.1, 0.15) is 21.6 Å². The van der Waals surface area contributed by atoms with Gasteiger partial charge in [0, 0.05) is 31.9 Å². The fraction of sp³-hybridized carbons (Fsp3) is 0.269. The fourth-order valence-corrected chi connectivity index (χ4v) is 7.12. The molecule has 1 atom stereocenters. The zero-order chi connectivity index (χ0) is 26.4. The second-order valence-corrected chi connectivity index (χ2v) is 12.4. The summed E-state index contributed by atoms with van der Waals surface area (Å²) in [7, 11) is -0.585. The van der Waals surface area contributed by atoms with Crippen LogP contribution < -0.4 is 10.0 Å². The van der Waals surface area contributed by atoms with E-state index in [1.807, 2.05) is 43.3 Å². The number of H-pyrrole nitrogens is 1. The molecule has 0 saturated carbocycles. The average Bonchev–Trinajstić information content (AvgIpc) is 3.60. The van der Waals surface area contributed by atoms with Gasteiger partial charge in [0.1, 0.15) is 9.90 Å². The maximum absolute atomic E-state index is 13.1. The van der Waals surface area contributed by atoms with Crippen LogP contribution in [-0.4, -0.2) is 51.6 Å². The highest BCUT2D eigenvalue weighted by Gasteiger charge is 2.24. The Morgan fingerprint density at radius 1 is 1.08 bits per heavy atom. The fourth-order valence-electron chi connectivity index (χ4n) is 3.88. The number of aromatic amines is 1. The van der Waals surface area contributed by atoms with Gasteiger partial charge in [0.15, 0.2) is 6.29 Å². The Morgan fingerprint density at radius 2 is 1.84 bits per heavy atom. The van der Waals surface area contributed by atoms with Crippen LogP contribution in [0, 0.1) is 6.92 Å². The van der Waals surface area contributed by atoms with Gasteiger partial charge in [-0.05, 0) is 41.6 Å². The molecule has 1 unspecified atom stereocenters. The third-order valence-electron chi connectivity index (χ3n) is 5.80. The number of carbonyl (C=O) groups is 1. The van der Waals surface area contributed by atoms with E-state index < -0.39 is 16.3 Å². The average molecular weight is 560 g/mol. The molecular weight excluding hydrogens is 531 g/mol. The van der Waals surface area contributed by atoms with Crippen molar-refractivity contribution < 1.29 is 22.7 Å². The lowest BCUT2D eigenvalue weighted by Crippen LogP contribution is -2.39. The minimum Gasteiger partial charge on any atom is -0.355 e. The van der Waals surface area contributed by atoms with E-state index in [0.29, 0.717) is 23.4 Å². The zero-order valence-corrected chi connectivity index (χ0v) is 23.1. The van der Waals surface area contributed by atoms with E-state index in [-0.39, 0.29) is 15.4 Å². The van der Waals surface area contributed by atoms with Crippen molar-refractivity contribution in [1.29, 1.82) is 0 Å². The first-order valence-electron chi connectivity index (χ1n) is 11.5. The summed E-state index contributed by atoms with van der Waals surface area (Å²) in [5.74, 6) is 0.433. The predicted octanol–water partition coefficient (Wildman–Crippen LogP) is 4.99. The number of thiophene rings is 1. The molecule has 1 amide bonds. The molecule has 0 radical (unpaired) electrons. The maximum atomic E-state index is 13.1. The van der Waals surface area contributed by atoms with Crippen molar-refractivity contribution in [3.8, 4) is 0 Å². The van der Waals surface area contributed by atoms with Crippen LogP contribution in [0.5, 0.6) is 0 Å². The van der Waals surface area contributed by atoms with Crippen LogP contribution in [0.4, 0.5) is 5.69 Å². The number of fused-ring (bicyclic) bond motifs is 1. The first-order valence-corrected chi connectivity index (χ1v) is 14.9. The Morgan fingerprint density at radius 3 is 2.51 bits per heavy atom. The van der Waals surface area contributed by atoms with Crippen LogP contribution >= 0.6 is 23.1 Å². The summed E-state index contributed by atoms with van der Waals surface area (Å²) in [5.41, 5.74) is 3.34. The summed E-state index contributed by atoms with van der Waals surface area (Å²) in [6.45, 7) is 2.22. The van der Waals surface area contributed by atoms with Gasteiger partial charge in [0.05, 0.1) is 16.5 Å². The van der Waals surface area contributed by atoms with Gasteiger partial charge in [-0.15, -0.1) is 23.1 Å². The number of methoxy groups -OCH3 is 2. The lowest BCUT2D eigenvalue weighted by Gasteiger charge is -2.24. The molecule has 2 aromatic heterocycles. The molecule has 3 N–H and O–H groups in total. The lowest BCUT2D eigenvalue weighted by molar-refractivity contribution is -0.101. The van der Waals surface area contributed by atoms with Gasteiger partial charge in [-0.25, -0.2) is 8.42 Å². The Hall–Kier alpha value is -2.83. The molecule has 2 heterocycles. The van der Waals surface area contributed by atoms with E-state index in [1.54, 1.807) is 55.6 Å². The summed E-state index contributed by atoms with van der Waals surface area (Å²) in [6, 6.07) is 18.5. The molecule has 37 heavy (non-hydrogen) atoms. The monoisotopic (exact) mass is 559 g/mol. The number of hydrogen-bond donors (Lipinski definition) is 3. The minimum atomic E-state index is -3.73. The standard InChI is InChI=1S/C26H29N3O5S3/c1-17-11-12-20(29-37(31,32)23-10-7-13-35-23)24-19(17)14-21(28-24)25(30)27-15-22(26(33-2)34-3)36-16-18-8-5-4-6-9-18/h4-14,22,26,28-29H,15-16H2,1-3H3,(H,27,30). The van der Waals surface area contributed by atoms with Gasteiger partial charge < -0.3 is 19.8 Å². The van der Waals surface area contributed by atoms with Crippen molar-refractivity contribution in [1.82, 2.24) is 10.3 Å². The Balaban J connectivity index is 1.51. The number of thioether (sulfide) groups is 1. The van der Waals surface area contributed by atoms with Gasteiger partial charge in [-0.3, -0.25) is 9.52 Å². The molecule has 8 nitrogen and oxygen atoms in total. The maximum Gasteiger partial charge on any atom is 0.271 e. The highest BCUT2D eigenvalue weighted by Crippen LogP contribution is 2.30. The number of nitrogens with one attached hydrogen (secondary N) is 3. The molecule has 11 heteroatoms. The second-order valence-electron chi connectivity index (χ2n) is 8.32. The van der Waals surface area contributed by atoms with E-state index in [9.17, 15) is 13.2 Å². The number of sulfonamides is 1. The second kappa shape index (κ2) is 12.1. The Labute approximate surface area is 224 Å². The highest BCUT2D eigenvalue weighted by atomic mass is 32.2. The smallest absolute Gasteiger partial charge is 0.271 e. The number of ether oxygens (including phenoxy) is 2. The number of amides is 1. The summed E-state index contributed by atoms with van der Waals surface area (Å²) in [4.78, 5) is 16.2. The third-order valence-corrected chi connectivity index (χ3v) is 9.88. The number of hydrogen-bond acceptors (Lipinski definition) is 7. The first-order chi connectivity index (χ1) is 17.8. The van der Waals surface area contributed by atoms with Crippen molar-refractivity contribution in [3.63, 3.8) is 0 Å². The number of aromatic nitrogens is 1. The van der Waals surface area contributed by atoms with Crippen molar-refractivity contribution >= 4 is 55.6 Å². The largest absolute Gasteiger partial charge is 0.355 e. The molecule has 0 fully saturated rings. The van der Waals surface area contributed by atoms with Gasteiger partial charge in [-0.1, -0.05) is 42.5 Å². The minimum absolute atomic E-state index is 0.154. The normalized spacial score (nSPS) is 12.6. The molecular formula is C26H29N3O5S3. The number of carbonyl (C=O) groups excluding carboxylic acids is 1. The summed E-state index contributed by atoms with van der Waals surface area (Å²) >= 11 is 2.77. The summed E-state index contributed by atoms with van der Waals surface area (Å²) in [6.07, 6.45) is -0.503. The molecule has 0 aliphatic carbocycles. The van der Waals surface area contributed by atoms with E-state index in [2.05, 4.69) is 15.0 Å². The number of anilines is 1. The molecule has 4 rings (SSSR count). The zero-order valence-electron chi connectivity index (χ0n) is 20.7. The Bertz CT molecular complexity index is 1430. The van der Waals surface area contributed by atoms with E-state index in [1.165, 1.54) is 5.56 Å². The third kappa shape index (κ3) is 6.55. The van der Waals surface area contributed by atoms with E-state index in [4.69, 9.17) is 9.47 Å². The summed E-state index contributed by atoms with van der Waals surface area (Å²) in [5, 5.41) is 5.28. The highest BCUT2D eigenvalue weighted by molar-refractivity contribution is 7.99. The van der Waals surface area contributed by atoms with Crippen LogP contribution in [0.25, 0.3) is 10.9 Å². The van der Waals surface area contributed by atoms with Gasteiger partial charge in [0.2, 0.25) is 0 Å². The van der Waals surface area contributed by atoms with Crippen LogP contribution in [0.3, 0.4) is 0 Å². The molecule has 0 saturated heterocycles. The van der Waals surface area contributed by atoms with Crippen LogP contribution in [0.2, 0.25) is 0 Å². The van der Waals surface area contributed by atoms with E-state index in [0.717, 1.165) is 28.0 Å². The number of rotatable bonds is 12. The topological polar surface area (TPSA) is 110 Å². The van der Waals surface area contributed by atoms with Gasteiger partial charge in [-0.2, -0.15) is 0 Å². The quantitative estimate of drug-likeness (QED) is 0.211. The van der Waals surface area contributed by atoms with Crippen molar-refractivity contribution in [2.75, 3.05) is 25.5 Å². The number of benzene rings is 2. The predicted molar refractivity (Wildman–Crippen MR) is 150 cm³/mol. The molecule has 4 aromatic rings. The molecule has 196 valence electrons. The molecule has 0 aliphatic rings. The first kappa shape index (κ1) is 27.2. The summed E-state index contributed by atoms with van der Waals surface area (Å²) < 4.78 is 39.4. The van der Waals surface area contributed by atoms with Crippen molar-refractivity contribution in [3.05, 3.63) is 82.9 Å². The number of aryl methyl sites for hydroxylation is 1. The van der Waals surface area contributed by atoms with Crippen molar-refractivity contribution in [2.45, 2.75) is 28.4 Å². The van der Waals surface area contributed by atoms with Crippen molar-refractivity contribution in [2.24, 2.45) is 0 Å². The molecule has 0 spiro atoms.